The Bertz CT molecular complexity index is 2020. The van der Waals surface area contributed by atoms with Crippen LogP contribution in [0.15, 0.2) is 53.6 Å². The van der Waals surface area contributed by atoms with Gasteiger partial charge in [0.05, 0.1) is 17.2 Å². The first kappa shape index (κ1) is 34.6. The summed E-state index contributed by atoms with van der Waals surface area (Å²) in [4.78, 5) is 52.5. The van der Waals surface area contributed by atoms with Gasteiger partial charge in [-0.05, 0) is 61.7 Å². The number of rotatable bonds is 8. The number of benzene rings is 2. The highest BCUT2D eigenvalue weighted by molar-refractivity contribution is 7.98. The van der Waals surface area contributed by atoms with Crippen LogP contribution in [0, 0.1) is 11.8 Å². The van der Waals surface area contributed by atoms with Crippen molar-refractivity contribution >= 4 is 50.5 Å². The third kappa shape index (κ3) is 5.34. The Labute approximate surface area is 302 Å². The van der Waals surface area contributed by atoms with Gasteiger partial charge >= 0.3 is 0 Å². The topological polar surface area (TPSA) is 141 Å². The van der Waals surface area contributed by atoms with E-state index in [0.717, 1.165) is 23.8 Å². The van der Waals surface area contributed by atoms with Gasteiger partial charge in [-0.15, -0.1) is 11.8 Å². The van der Waals surface area contributed by atoms with E-state index in [-0.39, 0.29) is 30.2 Å². The molecule has 8 rings (SSSR count). The number of piperidine rings is 1. The van der Waals surface area contributed by atoms with E-state index in [1.54, 1.807) is 30.5 Å². The first-order chi connectivity index (χ1) is 24.3. The fourth-order valence-corrected chi connectivity index (χ4v) is 10.8. The molecule has 0 spiro atoms. The lowest BCUT2D eigenvalue weighted by atomic mass is 9.72. The normalized spacial score (nSPS) is 32.0. The summed E-state index contributed by atoms with van der Waals surface area (Å²) in [7, 11) is -2.18. The molecule has 272 valence electrons. The number of H-pyrrole nitrogens is 1. The highest BCUT2D eigenvalue weighted by Gasteiger charge is 2.74. The number of aromatic amines is 1. The fraction of sp³-hybridized carbons (Fsp3) is 0.541. The average molecular weight is 736 g/mol. The van der Waals surface area contributed by atoms with Crippen LogP contribution >= 0.6 is 11.8 Å². The van der Waals surface area contributed by atoms with Crippen molar-refractivity contribution < 1.29 is 31.7 Å². The Kier molecular flexibility index (Phi) is 8.37. The molecule has 7 atom stereocenters. The van der Waals surface area contributed by atoms with Crippen molar-refractivity contribution in [2.75, 3.05) is 32.6 Å². The van der Waals surface area contributed by atoms with E-state index in [0.29, 0.717) is 32.4 Å². The van der Waals surface area contributed by atoms with Gasteiger partial charge in [-0.3, -0.25) is 24.0 Å². The minimum Gasteiger partial charge on any atom is -0.349 e. The van der Waals surface area contributed by atoms with Crippen molar-refractivity contribution in [2.45, 2.75) is 86.7 Å². The number of aromatic nitrogens is 1. The molecule has 14 heteroatoms. The largest absolute Gasteiger partial charge is 0.349 e. The third-order valence-electron chi connectivity index (χ3n) is 11.8. The van der Waals surface area contributed by atoms with Gasteiger partial charge < -0.3 is 20.1 Å². The van der Waals surface area contributed by atoms with Crippen LogP contribution in [0.5, 0.6) is 0 Å². The molecule has 1 aliphatic carbocycles. The molecular formula is C37H45N5O7S2. The second-order valence-electron chi connectivity index (χ2n) is 15.1. The zero-order valence-corrected chi connectivity index (χ0v) is 31.2. The maximum absolute atomic E-state index is 15.1. The molecule has 0 radical (unpaired) electrons. The van der Waals surface area contributed by atoms with E-state index in [1.807, 2.05) is 37.4 Å². The second-order valence-corrected chi connectivity index (χ2v) is 17.5. The van der Waals surface area contributed by atoms with Gasteiger partial charge in [-0.1, -0.05) is 56.3 Å². The number of hydrogen-bond acceptors (Lipinski definition) is 9. The SMILES string of the molecule is CSc1[nH]c2cccc3c2c1C[C@@H]1C3C[C@@H](C(=O)N[C@]2(C(C)C)O[C@@]3(OS(C)(=O)=O)[C@@H]4CCCN4C(=O)[C@H](Cc4ccccc4)N3C2=O)CN1C. The number of likely N-dealkylation sites (N-methyl/N-ethyl adjacent to an activating group) is 1. The van der Waals surface area contributed by atoms with E-state index in [1.165, 1.54) is 26.4 Å². The number of thioether (sulfide) groups is 1. The van der Waals surface area contributed by atoms with E-state index in [2.05, 4.69) is 39.7 Å². The molecule has 3 aromatic rings. The van der Waals surface area contributed by atoms with E-state index >= 15 is 4.79 Å². The Morgan fingerprint density at radius 3 is 2.63 bits per heavy atom. The second kappa shape index (κ2) is 12.3. The molecule has 12 nitrogen and oxygen atoms in total. The monoisotopic (exact) mass is 735 g/mol. The number of amides is 3. The van der Waals surface area contributed by atoms with E-state index in [9.17, 15) is 18.0 Å². The maximum atomic E-state index is 15.1. The first-order valence-electron chi connectivity index (χ1n) is 17.8. The number of likely N-dealkylation sites (tertiary alicyclic amines) is 1. The first-order valence-corrected chi connectivity index (χ1v) is 20.8. The highest BCUT2D eigenvalue weighted by Crippen LogP contribution is 2.51. The fourth-order valence-electron chi connectivity index (χ4n) is 9.52. The number of carbonyl (C=O) groups excluding carboxylic acids is 3. The Morgan fingerprint density at radius 1 is 1.16 bits per heavy atom. The lowest BCUT2D eigenvalue weighted by Gasteiger charge is -2.50. The molecule has 2 aromatic carbocycles. The lowest BCUT2D eigenvalue weighted by molar-refractivity contribution is -0.304. The highest BCUT2D eigenvalue weighted by atomic mass is 32.2. The van der Waals surface area contributed by atoms with Gasteiger partial charge in [0, 0.05) is 48.3 Å². The number of ether oxygens (including phenoxy) is 1. The molecule has 51 heavy (non-hydrogen) atoms. The molecule has 0 saturated carbocycles. The molecule has 4 aliphatic heterocycles. The van der Waals surface area contributed by atoms with Gasteiger partial charge in [0.1, 0.15) is 12.1 Å². The summed E-state index contributed by atoms with van der Waals surface area (Å²) in [6, 6.07) is 13.8. The summed E-state index contributed by atoms with van der Waals surface area (Å²) in [5, 5.41) is 5.44. The van der Waals surface area contributed by atoms with Crippen molar-refractivity contribution in [1.29, 1.82) is 0 Å². The van der Waals surface area contributed by atoms with Crippen LogP contribution in [-0.4, -0.2) is 108 Å². The zero-order chi connectivity index (χ0) is 36.0. The van der Waals surface area contributed by atoms with E-state index in [4.69, 9.17) is 8.92 Å². The predicted molar refractivity (Wildman–Crippen MR) is 192 cm³/mol. The van der Waals surface area contributed by atoms with Crippen LogP contribution in [0.2, 0.25) is 0 Å². The number of hydrogen-bond donors (Lipinski definition) is 2. The van der Waals surface area contributed by atoms with Gasteiger partial charge in [-0.25, -0.2) is 4.18 Å². The molecule has 5 aliphatic rings. The summed E-state index contributed by atoms with van der Waals surface area (Å²) in [6.07, 6.45) is 5.51. The van der Waals surface area contributed by atoms with Crippen molar-refractivity contribution in [3.63, 3.8) is 0 Å². The summed E-state index contributed by atoms with van der Waals surface area (Å²) >= 11 is 1.71. The number of carbonyl (C=O) groups is 3. The van der Waals surface area contributed by atoms with Crippen LogP contribution in [0.3, 0.4) is 0 Å². The minimum absolute atomic E-state index is 0.0857. The number of piperazine rings is 1. The Balaban J connectivity index is 1.16. The van der Waals surface area contributed by atoms with E-state index < -0.39 is 51.6 Å². The number of nitrogens with zero attached hydrogens (tertiary/aromatic N) is 3. The molecule has 1 aromatic heterocycles. The van der Waals surface area contributed by atoms with Crippen LogP contribution < -0.4 is 5.32 Å². The van der Waals surface area contributed by atoms with Gasteiger partial charge in [0.2, 0.25) is 17.5 Å². The lowest BCUT2D eigenvalue weighted by Crippen LogP contribution is -2.72. The molecule has 4 saturated heterocycles. The maximum Gasteiger partial charge on any atom is 0.294 e. The third-order valence-corrected chi connectivity index (χ3v) is 13.1. The molecular weight excluding hydrogens is 691 g/mol. The Hall–Kier alpha value is -3.43. The van der Waals surface area contributed by atoms with Gasteiger partial charge in [0.25, 0.3) is 21.9 Å². The van der Waals surface area contributed by atoms with Crippen LogP contribution in [0.25, 0.3) is 10.9 Å². The molecule has 0 bridgehead atoms. The average Bonchev–Trinajstić information content (AvgIpc) is 3.79. The van der Waals surface area contributed by atoms with Crippen LogP contribution in [0.4, 0.5) is 0 Å². The van der Waals surface area contributed by atoms with Crippen molar-refractivity contribution in [1.82, 2.24) is 25.0 Å². The van der Waals surface area contributed by atoms with Gasteiger partial charge in [0.15, 0.2) is 0 Å². The quantitative estimate of drug-likeness (QED) is 0.263. The van der Waals surface area contributed by atoms with Gasteiger partial charge in [-0.2, -0.15) is 8.42 Å². The Morgan fingerprint density at radius 2 is 1.92 bits per heavy atom. The molecule has 1 unspecified atom stereocenters. The van der Waals surface area contributed by atoms with Crippen LogP contribution in [0.1, 0.15) is 55.7 Å². The minimum atomic E-state index is -4.23. The number of fused-ring (bicyclic) bond motifs is 5. The number of nitrogens with one attached hydrogen (secondary N) is 2. The molecule has 2 N–H and O–H groups in total. The zero-order valence-electron chi connectivity index (χ0n) is 29.5. The summed E-state index contributed by atoms with van der Waals surface area (Å²) in [5.41, 5.74) is 2.43. The smallest absolute Gasteiger partial charge is 0.294 e. The van der Waals surface area contributed by atoms with Crippen molar-refractivity contribution in [3.05, 3.63) is 65.2 Å². The summed E-state index contributed by atoms with van der Waals surface area (Å²) < 4.78 is 38.7. The standard InChI is InChI=1S/C37H45N5O7S2/c1-21(2)36(39-32(43)23-18-25-24-13-9-14-27-31(24)26(33(38-27)50-4)19-28(25)40(3)20-23)35(45)42-29(17-22-11-7-6-8-12-22)34(44)41-16-10-15-30(41)37(42,48-36)49-51(5,46)47/h6-9,11-14,21,23,25,28-30,38H,10,15-20H2,1-5H3,(H,39,43)/t23-,25?,28-,29+,30+,36-,37-/m1/s1. The summed E-state index contributed by atoms with van der Waals surface area (Å²) in [6.45, 7) is 4.36. The molecule has 5 heterocycles. The molecule has 3 amide bonds. The van der Waals surface area contributed by atoms with Crippen molar-refractivity contribution in [2.24, 2.45) is 11.8 Å². The summed E-state index contributed by atoms with van der Waals surface area (Å²) in [5.74, 6) is -4.54. The van der Waals surface area contributed by atoms with Crippen molar-refractivity contribution in [3.8, 4) is 0 Å². The predicted octanol–water partition coefficient (Wildman–Crippen LogP) is 3.42. The van der Waals surface area contributed by atoms with Crippen LogP contribution in [-0.2, 0) is 46.3 Å². The molecule has 4 fully saturated rings.